The first kappa shape index (κ1) is 16.1. The van der Waals surface area contributed by atoms with Gasteiger partial charge < -0.3 is 9.47 Å². The molecule has 2 aliphatic heterocycles. The SMILES string of the molecule is CCCCC1=C(I)c2ccccc2C2N1c1ccccc1-c1nccn12. The van der Waals surface area contributed by atoms with Gasteiger partial charge in [0, 0.05) is 32.8 Å². The van der Waals surface area contributed by atoms with Gasteiger partial charge in [-0.05, 0) is 53.1 Å². The molecular formula is C22H20IN3. The van der Waals surface area contributed by atoms with Gasteiger partial charge in [-0.1, -0.05) is 49.7 Å². The van der Waals surface area contributed by atoms with E-state index in [9.17, 15) is 0 Å². The summed E-state index contributed by atoms with van der Waals surface area (Å²) in [7, 11) is 0. The van der Waals surface area contributed by atoms with Gasteiger partial charge in [0.15, 0.2) is 0 Å². The molecule has 2 aliphatic rings. The van der Waals surface area contributed by atoms with E-state index in [0.717, 1.165) is 12.2 Å². The highest BCUT2D eigenvalue weighted by Gasteiger charge is 2.39. The van der Waals surface area contributed by atoms with Crippen molar-refractivity contribution in [1.82, 2.24) is 9.55 Å². The third kappa shape index (κ3) is 2.21. The van der Waals surface area contributed by atoms with Gasteiger partial charge in [-0.2, -0.15) is 0 Å². The first-order valence-electron chi connectivity index (χ1n) is 9.20. The van der Waals surface area contributed by atoms with Crippen LogP contribution in [0.4, 0.5) is 5.69 Å². The quantitative estimate of drug-likeness (QED) is 0.439. The van der Waals surface area contributed by atoms with Crippen molar-refractivity contribution in [3.63, 3.8) is 0 Å². The predicted molar refractivity (Wildman–Crippen MR) is 115 cm³/mol. The molecule has 2 aromatic carbocycles. The number of fused-ring (bicyclic) bond motifs is 8. The summed E-state index contributed by atoms with van der Waals surface area (Å²) in [5.74, 6) is 1.06. The fraction of sp³-hybridized carbons (Fsp3) is 0.227. The van der Waals surface area contributed by atoms with E-state index in [1.807, 2.05) is 6.20 Å². The van der Waals surface area contributed by atoms with E-state index >= 15 is 0 Å². The van der Waals surface area contributed by atoms with Crippen molar-refractivity contribution in [3.05, 3.63) is 77.7 Å². The summed E-state index contributed by atoms with van der Waals surface area (Å²) in [6, 6.07) is 17.5. The summed E-state index contributed by atoms with van der Waals surface area (Å²) in [5.41, 5.74) is 6.63. The average molecular weight is 453 g/mol. The van der Waals surface area contributed by atoms with Gasteiger partial charge in [0.1, 0.15) is 12.0 Å². The number of hydrogen-bond acceptors (Lipinski definition) is 2. The Bertz CT molecular complexity index is 1020. The number of allylic oxidation sites excluding steroid dienone is 1. The summed E-state index contributed by atoms with van der Waals surface area (Å²) >= 11 is 2.55. The Morgan fingerprint density at radius 1 is 1.04 bits per heavy atom. The molecule has 0 bridgehead atoms. The Labute approximate surface area is 167 Å². The number of aromatic nitrogens is 2. The zero-order valence-electron chi connectivity index (χ0n) is 14.7. The van der Waals surface area contributed by atoms with Gasteiger partial charge in [-0.25, -0.2) is 4.98 Å². The summed E-state index contributed by atoms with van der Waals surface area (Å²) in [6.45, 7) is 2.26. The molecule has 130 valence electrons. The van der Waals surface area contributed by atoms with Crippen LogP contribution in [-0.2, 0) is 0 Å². The lowest BCUT2D eigenvalue weighted by Crippen LogP contribution is -2.39. The summed E-state index contributed by atoms with van der Waals surface area (Å²) in [4.78, 5) is 7.23. The van der Waals surface area contributed by atoms with E-state index in [4.69, 9.17) is 0 Å². The maximum absolute atomic E-state index is 4.69. The van der Waals surface area contributed by atoms with Crippen molar-refractivity contribution in [1.29, 1.82) is 0 Å². The van der Waals surface area contributed by atoms with Crippen molar-refractivity contribution >= 4 is 31.9 Å². The zero-order chi connectivity index (χ0) is 17.7. The minimum Gasteiger partial charge on any atom is -0.318 e. The van der Waals surface area contributed by atoms with Gasteiger partial charge in [0.25, 0.3) is 0 Å². The van der Waals surface area contributed by atoms with Crippen LogP contribution in [0, 0.1) is 0 Å². The summed E-state index contributed by atoms with van der Waals surface area (Å²) in [5, 5.41) is 0. The Kier molecular flexibility index (Phi) is 3.89. The van der Waals surface area contributed by atoms with E-state index in [0.29, 0.717) is 0 Å². The Morgan fingerprint density at radius 3 is 2.65 bits per heavy atom. The minimum atomic E-state index is 0.143. The second-order valence-corrected chi connectivity index (χ2v) is 7.95. The molecule has 5 rings (SSSR count). The van der Waals surface area contributed by atoms with Crippen molar-refractivity contribution in [2.75, 3.05) is 4.90 Å². The normalized spacial score (nSPS) is 17.5. The summed E-state index contributed by atoms with van der Waals surface area (Å²) < 4.78 is 3.71. The van der Waals surface area contributed by atoms with E-state index in [1.54, 1.807) is 0 Å². The number of benzene rings is 2. The standard InChI is InChI=1S/C22H20IN3/c1-2-3-11-19-20(23)15-8-4-5-9-16(15)22-25-14-13-24-21(25)17-10-6-7-12-18(17)26(19)22/h4-10,12-14,22H,2-3,11H2,1H3. The molecule has 0 N–H and O–H groups in total. The molecular weight excluding hydrogens is 433 g/mol. The van der Waals surface area contributed by atoms with Crippen molar-refractivity contribution < 1.29 is 0 Å². The van der Waals surface area contributed by atoms with E-state index in [-0.39, 0.29) is 6.17 Å². The second-order valence-electron chi connectivity index (χ2n) is 6.87. The molecule has 0 saturated heterocycles. The second kappa shape index (κ2) is 6.27. The topological polar surface area (TPSA) is 21.1 Å². The van der Waals surface area contributed by atoms with E-state index in [2.05, 4.69) is 98.7 Å². The fourth-order valence-electron chi connectivity index (χ4n) is 4.19. The number of nitrogens with zero attached hydrogens (tertiary/aromatic N) is 3. The van der Waals surface area contributed by atoms with Crippen LogP contribution in [0.25, 0.3) is 15.0 Å². The molecule has 1 aromatic heterocycles. The summed E-state index contributed by atoms with van der Waals surface area (Å²) in [6.07, 6.45) is 7.68. The van der Waals surface area contributed by atoms with Crippen molar-refractivity contribution in [3.8, 4) is 11.4 Å². The van der Waals surface area contributed by atoms with E-state index in [1.165, 1.54) is 44.5 Å². The van der Waals surface area contributed by atoms with Crippen LogP contribution in [0.5, 0.6) is 0 Å². The number of unbranched alkanes of at least 4 members (excludes halogenated alkanes) is 1. The monoisotopic (exact) mass is 453 g/mol. The largest absolute Gasteiger partial charge is 0.318 e. The van der Waals surface area contributed by atoms with Crippen molar-refractivity contribution in [2.24, 2.45) is 0 Å². The van der Waals surface area contributed by atoms with Crippen LogP contribution in [0.1, 0.15) is 43.5 Å². The van der Waals surface area contributed by atoms with Crippen LogP contribution >= 0.6 is 22.6 Å². The molecule has 26 heavy (non-hydrogen) atoms. The highest BCUT2D eigenvalue weighted by atomic mass is 127. The molecule has 0 amide bonds. The lowest BCUT2D eigenvalue weighted by molar-refractivity contribution is 0.549. The zero-order valence-corrected chi connectivity index (χ0v) is 16.8. The molecule has 0 saturated carbocycles. The van der Waals surface area contributed by atoms with Crippen LogP contribution in [-0.4, -0.2) is 9.55 Å². The number of rotatable bonds is 3. The van der Waals surface area contributed by atoms with Gasteiger partial charge >= 0.3 is 0 Å². The highest BCUT2D eigenvalue weighted by molar-refractivity contribution is 14.1. The number of hydrogen-bond donors (Lipinski definition) is 0. The maximum Gasteiger partial charge on any atom is 0.143 e. The first-order valence-corrected chi connectivity index (χ1v) is 10.3. The van der Waals surface area contributed by atoms with E-state index < -0.39 is 0 Å². The van der Waals surface area contributed by atoms with Crippen LogP contribution < -0.4 is 4.90 Å². The lowest BCUT2D eigenvalue weighted by atomic mass is 9.93. The lowest BCUT2D eigenvalue weighted by Gasteiger charge is -2.45. The van der Waals surface area contributed by atoms with Gasteiger partial charge in [0.05, 0.1) is 5.69 Å². The molecule has 0 aliphatic carbocycles. The smallest absolute Gasteiger partial charge is 0.143 e. The van der Waals surface area contributed by atoms with Gasteiger partial charge in [-0.3, -0.25) is 0 Å². The van der Waals surface area contributed by atoms with Crippen LogP contribution in [0.15, 0.2) is 66.6 Å². The van der Waals surface area contributed by atoms with Crippen molar-refractivity contribution in [2.45, 2.75) is 32.4 Å². The average Bonchev–Trinajstić information content (AvgIpc) is 3.17. The van der Waals surface area contributed by atoms with Gasteiger partial charge in [0.2, 0.25) is 0 Å². The molecule has 4 heteroatoms. The van der Waals surface area contributed by atoms with Crippen LogP contribution in [0.2, 0.25) is 0 Å². The number of imidazole rings is 1. The maximum atomic E-state index is 4.69. The molecule has 0 radical (unpaired) electrons. The molecule has 1 unspecified atom stereocenters. The fourth-order valence-corrected chi connectivity index (χ4v) is 5.21. The third-order valence-electron chi connectivity index (χ3n) is 5.37. The van der Waals surface area contributed by atoms with Gasteiger partial charge in [-0.15, -0.1) is 0 Å². The number of anilines is 1. The third-order valence-corrected chi connectivity index (χ3v) is 6.57. The first-order chi connectivity index (χ1) is 12.8. The Hall–Kier alpha value is -2.08. The molecule has 1 atom stereocenters. The molecule has 3 aromatic rings. The molecule has 0 spiro atoms. The molecule has 0 fully saturated rings. The Balaban J connectivity index is 1.82. The number of halogens is 1. The molecule has 3 heterocycles. The van der Waals surface area contributed by atoms with Crippen LogP contribution in [0.3, 0.4) is 0 Å². The minimum absolute atomic E-state index is 0.143. The number of para-hydroxylation sites is 1. The highest BCUT2D eigenvalue weighted by Crippen LogP contribution is 2.51. The molecule has 3 nitrogen and oxygen atoms in total. The Morgan fingerprint density at radius 2 is 1.81 bits per heavy atom. The predicted octanol–water partition coefficient (Wildman–Crippen LogP) is 6.22.